The number of guanidine groups is 1. The van der Waals surface area contributed by atoms with E-state index >= 15 is 0 Å². The van der Waals surface area contributed by atoms with Gasteiger partial charge in [-0.1, -0.05) is 0 Å². The predicted octanol–water partition coefficient (Wildman–Crippen LogP) is 3.30. The Kier molecular flexibility index (Phi) is 11.7. The maximum atomic E-state index is 11.9. The number of aromatic nitrogens is 1. The van der Waals surface area contributed by atoms with Crippen molar-refractivity contribution in [2.45, 2.75) is 66.0 Å². The number of piperidine rings is 2. The molecule has 0 atom stereocenters. The fraction of sp³-hybridized carbons (Fsp3) is 0.783. The first-order valence-corrected chi connectivity index (χ1v) is 12.1. The minimum Gasteiger partial charge on any atom is -0.450 e. The molecule has 1 amide bonds. The number of likely N-dealkylation sites (tertiary alicyclic amines) is 2. The summed E-state index contributed by atoms with van der Waals surface area (Å²) in [5.41, 5.74) is 0.985. The first kappa shape index (κ1) is 27.7. The van der Waals surface area contributed by atoms with Crippen molar-refractivity contribution in [3.05, 3.63) is 17.3 Å². The molecule has 2 fully saturated rings. The molecule has 0 saturated carbocycles. The lowest BCUT2D eigenvalue weighted by Gasteiger charge is -2.33. The van der Waals surface area contributed by atoms with Crippen LogP contribution in [-0.2, 0) is 11.3 Å². The molecule has 3 heterocycles. The topological polar surface area (TPSA) is 95.2 Å². The van der Waals surface area contributed by atoms with Gasteiger partial charge in [-0.15, -0.1) is 24.0 Å². The van der Waals surface area contributed by atoms with Crippen molar-refractivity contribution >= 4 is 36.0 Å². The van der Waals surface area contributed by atoms with Crippen LogP contribution in [0.3, 0.4) is 0 Å². The Morgan fingerprint density at radius 3 is 2.42 bits per heavy atom. The van der Waals surface area contributed by atoms with Gasteiger partial charge < -0.3 is 24.7 Å². The average molecular weight is 577 g/mol. The van der Waals surface area contributed by atoms with Gasteiger partial charge in [0.1, 0.15) is 5.76 Å². The summed E-state index contributed by atoms with van der Waals surface area (Å²) in [7, 11) is 0. The molecule has 0 aliphatic carbocycles. The highest BCUT2D eigenvalue weighted by atomic mass is 127. The van der Waals surface area contributed by atoms with Crippen molar-refractivity contribution in [3.8, 4) is 0 Å². The summed E-state index contributed by atoms with van der Waals surface area (Å²) in [5.74, 6) is 3.22. The number of halogens is 1. The lowest BCUT2D eigenvalue weighted by molar-refractivity contribution is 0.0963. The Hall–Kier alpha value is -1.56. The maximum absolute atomic E-state index is 11.9. The molecule has 3 rings (SSSR count). The number of nitrogens with one attached hydrogen (secondary N) is 2. The van der Waals surface area contributed by atoms with Crippen LogP contribution >= 0.6 is 24.0 Å². The molecular formula is C23H41IN6O3. The molecule has 2 aliphatic rings. The summed E-state index contributed by atoms with van der Waals surface area (Å²) >= 11 is 0. The molecule has 1 aromatic rings. The first-order valence-electron chi connectivity index (χ1n) is 12.1. The van der Waals surface area contributed by atoms with E-state index in [2.05, 4.69) is 27.4 Å². The van der Waals surface area contributed by atoms with Gasteiger partial charge in [-0.3, -0.25) is 9.89 Å². The first-order chi connectivity index (χ1) is 15.5. The number of aliphatic imine (C=N–C) groups is 1. The molecule has 9 nitrogen and oxygen atoms in total. The Labute approximate surface area is 215 Å². The molecule has 2 saturated heterocycles. The third kappa shape index (κ3) is 8.62. The van der Waals surface area contributed by atoms with E-state index in [4.69, 9.17) is 14.1 Å². The van der Waals surface area contributed by atoms with Crippen LogP contribution < -0.4 is 10.6 Å². The fourth-order valence-corrected chi connectivity index (χ4v) is 4.28. The standard InChI is InChI=1S/C23H40N6O3.HI/c1-5-24-22(27-20-9-13-29(14-10-20)23(30)31-6-2)25-15-19-7-11-28(12-8-19)16-21-26-17(3)18(4)32-21;/h19-20H,5-16H2,1-4H3,(H2,24,25,27);1H. The summed E-state index contributed by atoms with van der Waals surface area (Å²) in [5, 5.41) is 6.94. The molecule has 10 heteroatoms. The zero-order valence-corrected chi connectivity index (χ0v) is 22.9. The minimum absolute atomic E-state index is 0. The second-order valence-electron chi connectivity index (χ2n) is 8.79. The van der Waals surface area contributed by atoms with E-state index in [1.807, 2.05) is 20.8 Å². The molecular weight excluding hydrogens is 535 g/mol. The van der Waals surface area contributed by atoms with Crippen molar-refractivity contribution in [1.29, 1.82) is 0 Å². The second kappa shape index (κ2) is 14.0. The van der Waals surface area contributed by atoms with E-state index in [9.17, 15) is 4.79 Å². The minimum atomic E-state index is -0.203. The fourth-order valence-electron chi connectivity index (χ4n) is 4.28. The quantitative estimate of drug-likeness (QED) is 0.292. The summed E-state index contributed by atoms with van der Waals surface area (Å²) < 4.78 is 10.8. The predicted molar refractivity (Wildman–Crippen MR) is 140 cm³/mol. The van der Waals surface area contributed by atoms with E-state index in [-0.39, 0.29) is 30.1 Å². The Morgan fingerprint density at radius 2 is 1.85 bits per heavy atom. The molecule has 1 aromatic heterocycles. The van der Waals surface area contributed by atoms with Crippen molar-refractivity contribution in [3.63, 3.8) is 0 Å². The van der Waals surface area contributed by atoms with Gasteiger partial charge in [0.2, 0.25) is 5.89 Å². The van der Waals surface area contributed by atoms with Gasteiger partial charge in [0.05, 0.1) is 18.8 Å². The second-order valence-corrected chi connectivity index (χ2v) is 8.79. The van der Waals surface area contributed by atoms with E-state index in [0.717, 1.165) is 94.8 Å². The van der Waals surface area contributed by atoms with Crippen LogP contribution in [0.15, 0.2) is 9.41 Å². The number of hydrogen-bond donors (Lipinski definition) is 2. The number of ether oxygens (including phenoxy) is 1. The van der Waals surface area contributed by atoms with Gasteiger partial charge in [-0.25, -0.2) is 9.78 Å². The number of hydrogen-bond acceptors (Lipinski definition) is 6. The largest absolute Gasteiger partial charge is 0.450 e. The van der Waals surface area contributed by atoms with Gasteiger partial charge in [-0.05, 0) is 72.4 Å². The Morgan fingerprint density at radius 1 is 1.15 bits per heavy atom. The van der Waals surface area contributed by atoms with Gasteiger partial charge in [0.25, 0.3) is 0 Å². The molecule has 2 aliphatic heterocycles. The van der Waals surface area contributed by atoms with Gasteiger partial charge in [0, 0.05) is 32.2 Å². The van der Waals surface area contributed by atoms with Crippen LogP contribution in [0.1, 0.15) is 56.9 Å². The van der Waals surface area contributed by atoms with Crippen LogP contribution in [-0.4, -0.2) is 78.8 Å². The summed E-state index contributed by atoms with van der Waals surface area (Å²) in [4.78, 5) is 25.5. The molecule has 0 unspecified atom stereocenters. The van der Waals surface area contributed by atoms with E-state index in [1.165, 1.54) is 0 Å². The normalized spacial score (nSPS) is 18.7. The molecule has 188 valence electrons. The van der Waals surface area contributed by atoms with Gasteiger partial charge in [-0.2, -0.15) is 0 Å². The summed E-state index contributed by atoms with van der Waals surface area (Å²) in [6.07, 6.45) is 3.88. The third-order valence-corrected chi connectivity index (χ3v) is 6.35. The molecule has 0 radical (unpaired) electrons. The maximum Gasteiger partial charge on any atom is 0.409 e. The number of aryl methyl sites for hydroxylation is 2. The summed E-state index contributed by atoms with van der Waals surface area (Å²) in [6.45, 7) is 14.3. The third-order valence-electron chi connectivity index (χ3n) is 6.35. The average Bonchev–Trinajstić information content (AvgIpc) is 3.10. The van der Waals surface area contributed by atoms with E-state index in [0.29, 0.717) is 18.6 Å². The molecule has 0 spiro atoms. The van der Waals surface area contributed by atoms with Crippen LogP contribution in [0.2, 0.25) is 0 Å². The van der Waals surface area contributed by atoms with Crippen molar-refractivity contribution < 1.29 is 13.9 Å². The zero-order chi connectivity index (χ0) is 22.9. The lowest BCUT2D eigenvalue weighted by Crippen LogP contribution is -2.50. The van der Waals surface area contributed by atoms with Crippen LogP contribution in [0.5, 0.6) is 0 Å². The number of oxazole rings is 1. The number of carbonyl (C=O) groups is 1. The highest BCUT2D eigenvalue weighted by molar-refractivity contribution is 14.0. The smallest absolute Gasteiger partial charge is 0.409 e. The SMILES string of the molecule is CCNC(=NCC1CCN(Cc2nc(C)c(C)o2)CC1)NC1CCN(C(=O)OCC)CC1.I. The van der Waals surface area contributed by atoms with Crippen molar-refractivity contribution in [1.82, 2.24) is 25.4 Å². The Bertz CT molecular complexity index is 736. The highest BCUT2D eigenvalue weighted by Crippen LogP contribution is 2.20. The zero-order valence-electron chi connectivity index (χ0n) is 20.6. The molecule has 0 bridgehead atoms. The van der Waals surface area contributed by atoms with E-state index in [1.54, 1.807) is 4.90 Å². The lowest BCUT2D eigenvalue weighted by atomic mass is 9.97. The number of amides is 1. The number of carbonyl (C=O) groups excluding carboxylic acids is 1. The summed E-state index contributed by atoms with van der Waals surface area (Å²) in [6, 6.07) is 0.327. The van der Waals surface area contributed by atoms with Crippen LogP contribution in [0.25, 0.3) is 0 Å². The van der Waals surface area contributed by atoms with Gasteiger partial charge >= 0.3 is 6.09 Å². The van der Waals surface area contributed by atoms with Crippen LogP contribution in [0.4, 0.5) is 4.79 Å². The highest BCUT2D eigenvalue weighted by Gasteiger charge is 2.25. The molecule has 33 heavy (non-hydrogen) atoms. The molecule has 2 N–H and O–H groups in total. The number of nitrogens with zero attached hydrogens (tertiary/aromatic N) is 4. The molecule has 0 aromatic carbocycles. The number of rotatable bonds is 7. The van der Waals surface area contributed by atoms with Gasteiger partial charge in [0.15, 0.2) is 5.96 Å². The van der Waals surface area contributed by atoms with Crippen molar-refractivity contribution in [2.24, 2.45) is 10.9 Å². The Balaban J connectivity index is 0.00000385. The van der Waals surface area contributed by atoms with Crippen LogP contribution in [0, 0.1) is 19.8 Å². The van der Waals surface area contributed by atoms with Crippen molar-refractivity contribution in [2.75, 3.05) is 45.9 Å². The van der Waals surface area contributed by atoms with E-state index < -0.39 is 0 Å². The monoisotopic (exact) mass is 576 g/mol.